The van der Waals surface area contributed by atoms with E-state index < -0.39 is 6.10 Å². The normalized spacial score (nSPS) is 13.8. The van der Waals surface area contributed by atoms with Gasteiger partial charge in [0, 0.05) is 6.04 Å². The molecule has 2 rings (SSSR count). The molecule has 100 valence electrons. The van der Waals surface area contributed by atoms with Gasteiger partial charge in [-0.3, -0.25) is 0 Å². The molecule has 0 bridgehead atoms. The lowest BCUT2D eigenvalue weighted by Crippen LogP contribution is -2.30. The van der Waals surface area contributed by atoms with Gasteiger partial charge in [0.15, 0.2) is 0 Å². The zero-order valence-corrected chi connectivity index (χ0v) is 11.0. The van der Waals surface area contributed by atoms with Crippen LogP contribution in [-0.4, -0.2) is 18.3 Å². The van der Waals surface area contributed by atoms with Crippen LogP contribution in [0.4, 0.5) is 0 Å². The zero-order valence-electron chi connectivity index (χ0n) is 11.0. The first-order valence-electron chi connectivity index (χ1n) is 6.32. The van der Waals surface area contributed by atoms with E-state index in [2.05, 4.69) is 0 Å². The van der Waals surface area contributed by atoms with E-state index in [1.807, 2.05) is 54.6 Å². The molecule has 0 aliphatic heterocycles. The lowest BCUT2D eigenvalue weighted by atomic mass is 9.97. The first-order valence-corrected chi connectivity index (χ1v) is 6.32. The lowest BCUT2D eigenvalue weighted by Gasteiger charge is -2.19. The summed E-state index contributed by atoms with van der Waals surface area (Å²) in [5, 5.41) is 10.2. The number of rotatable bonds is 5. The molecule has 2 aromatic carbocycles. The fourth-order valence-electron chi connectivity index (χ4n) is 2.05. The van der Waals surface area contributed by atoms with Crippen LogP contribution in [0.2, 0.25) is 0 Å². The highest BCUT2D eigenvalue weighted by atomic mass is 16.5. The van der Waals surface area contributed by atoms with Gasteiger partial charge in [-0.1, -0.05) is 42.5 Å². The van der Waals surface area contributed by atoms with Crippen LogP contribution in [-0.2, 0) is 6.42 Å². The average molecular weight is 257 g/mol. The van der Waals surface area contributed by atoms with Crippen molar-refractivity contribution in [2.75, 3.05) is 7.11 Å². The second kappa shape index (κ2) is 6.36. The maximum Gasteiger partial charge on any atom is 0.118 e. The fourth-order valence-corrected chi connectivity index (χ4v) is 2.05. The van der Waals surface area contributed by atoms with Gasteiger partial charge in [-0.15, -0.1) is 0 Å². The molecule has 3 nitrogen and oxygen atoms in total. The lowest BCUT2D eigenvalue weighted by molar-refractivity contribution is 0.146. The number of aliphatic hydroxyl groups excluding tert-OH is 1. The van der Waals surface area contributed by atoms with E-state index in [1.54, 1.807) is 7.11 Å². The van der Waals surface area contributed by atoms with Crippen molar-refractivity contribution >= 4 is 0 Å². The monoisotopic (exact) mass is 257 g/mol. The Kier molecular flexibility index (Phi) is 4.55. The van der Waals surface area contributed by atoms with Crippen LogP contribution in [0.1, 0.15) is 17.2 Å². The van der Waals surface area contributed by atoms with Gasteiger partial charge >= 0.3 is 0 Å². The Labute approximate surface area is 113 Å². The smallest absolute Gasteiger partial charge is 0.118 e. The Balaban J connectivity index is 2.03. The summed E-state index contributed by atoms with van der Waals surface area (Å²) in [6, 6.07) is 17.0. The molecule has 0 fully saturated rings. The van der Waals surface area contributed by atoms with E-state index in [0.29, 0.717) is 6.42 Å². The Morgan fingerprint density at radius 2 is 1.68 bits per heavy atom. The first kappa shape index (κ1) is 13.6. The van der Waals surface area contributed by atoms with Gasteiger partial charge < -0.3 is 15.6 Å². The van der Waals surface area contributed by atoms with Crippen LogP contribution < -0.4 is 10.5 Å². The van der Waals surface area contributed by atoms with E-state index in [1.165, 1.54) is 0 Å². The predicted octanol–water partition coefficient (Wildman–Crippen LogP) is 2.30. The molecule has 2 unspecified atom stereocenters. The third-order valence-corrected chi connectivity index (χ3v) is 3.18. The molecule has 0 aromatic heterocycles. The molecule has 0 aliphatic carbocycles. The third kappa shape index (κ3) is 3.56. The van der Waals surface area contributed by atoms with Crippen molar-refractivity contribution in [2.24, 2.45) is 5.73 Å². The first-order chi connectivity index (χ1) is 9.20. The van der Waals surface area contributed by atoms with Gasteiger partial charge in [0.05, 0.1) is 13.2 Å². The molecule has 3 N–H and O–H groups in total. The SMILES string of the molecule is COc1ccc(C(O)C(N)Cc2ccccc2)cc1. The minimum Gasteiger partial charge on any atom is -0.497 e. The van der Waals surface area contributed by atoms with Gasteiger partial charge in [-0.2, -0.15) is 0 Å². The Bertz CT molecular complexity index is 496. The number of aliphatic hydroxyl groups is 1. The summed E-state index contributed by atoms with van der Waals surface area (Å²) in [6.45, 7) is 0. The quantitative estimate of drug-likeness (QED) is 0.864. The topological polar surface area (TPSA) is 55.5 Å². The maximum atomic E-state index is 10.2. The van der Waals surface area contributed by atoms with Crippen LogP contribution in [0, 0.1) is 0 Å². The van der Waals surface area contributed by atoms with Gasteiger partial charge in [-0.25, -0.2) is 0 Å². The second-order valence-corrected chi connectivity index (χ2v) is 4.57. The van der Waals surface area contributed by atoms with Gasteiger partial charge in [0.2, 0.25) is 0 Å². The van der Waals surface area contributed by atoms with E-state index in [4.69, 9.17) is 10.5 Å². The summed E-state index contributed by atoms with van der Waals surface area (Å²) >= 11 is 0. The van der Waals surface area contributed by atoms with E-state index >= 15 is 0 Å². The van der Waals surface area contributed by atoms with Gasteiger partial charge in [0.1, 0.15) is 5.75 Å². The zero-order chi connectivity index (χ0) is 13.7. The molecular weight excluding hydrogens is 238 g/mol. The van der Waals surface area contributed by atoms with Crippen LogP contribution in [0.15, 0.2) is 54.6 Å². The largest absolute Gasteiger partial charge is 0.497 e. The molecule has 19 heavy (non-hydrogen) atoms. The highest BCUT2D eigenvalue weighted by Gasteiger charge is 2.17. The molecule has 0 amide bonds. The van der Waals surface area contributed by atoms with Crippen molar-refractivity contribution in [1.29, 1.82) is 0 Å². The highest BCUT2D eigenvalue weighted by Crippen LogP contribution is 2.21. The minimum atomic E-state index is -0.675. The highest BCUT2D eigenvalue weighted by molar-refractivity contribution is 5.29. The molecule has 2 atom stereocenters. The van der Waals surface area contributed by atoms with Crippen LogP contribution in [0.25, 0.3) is 0 Å². The van der Waals surface area contributed by atoms with E-state index in [9.17, 15) is 5.11 Å². The molecule has 0 heterocycles. The average Bonchev–Trinajstić information content (AvgIpc) is 2.47. The number of methoxy groups -OCH3 is 1. The standard InChI is InChI=1S/C16H19NO2/c1-19-14-9-7-13(8-10-14)16(18)15(17)11-12-5-3-2-4-6-12/h2-10,15-16,18H,11,17H2,1H3. The van der Waals surface area contributed by atoms with Gasteiger partial charge in [0.25, 0.3) is 0 Å². The summed E-state index contributed by atoms with van der Waals surface area (Å²) in [6.07, 6.45) is -0.0280. The minimum absolute atomic E-state index is 0.323. The van der Waals surface area contributed by atoms with Crippen LogP contribution in [0.3, 0.4) is 0 Å². The number of hydrogen-bond acceptors (Lipinski definition) is 3. The Morgan fingerprint density at radius 1 is 1.05 bits per heavy atom. The van der Waals surface area contributed by atoms with Crippen LogP contribution >= 0.6 is 0 Å². The fraction of sp³-hybridized carbons (Fsp3) is 0.250. The van der Waals surface area contributed by atoms with Crippen molar-refractivity contribution in [2.45, 2.75) is 18.6 Å². The van der Waals surface area contributed by atoms with Crippen molar-refractivity contribution in [3.63, 3.8) is 0 Å². The number of nitrogens with two attached hydrogens (primary N) is 1. The molecule has 0 aliphatic rings. The summed E-state index contributed by atoms with van der Waals surface area (Å²) in [4.78, 5) is 0. The number of benzene rings is 2. The summed E-state index contributed by atoms with van der Waals surface area (Å²) in [7, 11) is 1.62. The van der Waals surface area contributed by atoms with E-state index in [-0.39, 0.29) is 6.04 Å². The Hall–Kier alpha value is -1.84. The molecule has 0 spiro atoms. The molecule has 0 saturated heterocycles. The summed E-state index contributed by atoms with van der Waals surface area (Å²) in [5.74, 6) is 0.771. The summed E-state index contributed by atoms with van der Waals surface area (Å²) < 4.78 is 5.09. The Morgan fingerprint density at radius 3 is 2.26 bits per heavy atom. The van der Waals surface area contributed by atoms with Crippen molar-refractivity contribution in [3.8, 4) is 5.75 Å². The molecule has 0 saturated carbocycles. The third-order valence-electron chi connectivity index (χ3n) is 3.18. The molecule has 2 aromatic rings. The van der Waals surface area contributed by atoms with Crippen molar-refractivity contribution in [1.82, 2.24) is 0 Å². The second-order valence-electron chi connectivity index (χ2n) is 4.57. The van der Waals surface area contributed by atoms with Crippen molar-refractivity contribution in [3.05, 3.63) is 65.7 Å². The molecule has 0 radical (unpaired) electrons. The molecule has 3 heteroatoms. The van der Waals surface area contributed by atoms with Gasteiger partial charge in [-0.05, 0) is 29.7 Å². The van der Waals surface area contributed by atoms with Crippen molar-refractivity contribution < 1.29 is 9.84 Å². The molecular formula is C16H19NO2. The van der Waals surface area contributed by atoms with E-state index in [0.717, 1.165) is 16.9 Å². The summed E-state index contributed by atoms with van der Waals surface area (Å²) in [5.41, 5.74) is 8.01. The van der Waals surface area contributed by atoms with Crippen LogP contribution in [0.5, 0.6) is 5.75 Å². The number of hydrogen-bond donors (Lipinski definition) is 2. The number of ether oxygens (including phenoxy) is 1. The predicted molar refractivity (Wildman–Crippen MR) is 76.1 cm³/mol. The maximum absolute atomic E-state index is 10.2.